The zero-order valence-corrected chi connectivity index (χ0v) is 9.18. The number of aliphatic hydroxyl groups is 1. The van der Waals surface area contributed by atoms with Crippen LogP contribution >= 0.6 is 0 Å². The zero-order chi connectivity index (χ0) is 11.0. The molecular weight excluding hydrogens is 180 g/mol. The molecule has 0 unspecified atom stereocenters. The summed E-state index contributed by atoms with van der Waals surface area (Å²) >= 11 is 0. The minimum atomic E-state index is -0.475. The van der Waals surface area contributed by atoms with E-state index in [9.17, 15) is 4.79 Å². The van der Waals surface area contributed by atoms with E-state index in [0.29, 0.717) is 6.54 Å². The van der Waals surface area contributed by atoms with Gasteiger partial charge in [0, 0.05) is 13.2 Å². The number of unbranched alkanes of at least 4 members (excludes halogenated alkanes) is 2. The van der Waals surface area contributed by atoms with Crippen molar-refractivity contribution in [2.75, 3.05) is 19.7 Å². The van der Waals surface area contributed by atoms with E-state index in [-0.39, 0.29) is 12.5 Å². The van der Waals surface area contributed by atoms with E-state index in [4.69, 9.17) is 10.8 Å². The van der Waals surface area contributed by atoms with Gasteiger partial charge in [0.2, 0.25) is 5.91 Å². The lowest BCUT2D eigenvalue weighted by molar-refractivity contribution is -0.125. The molecule has 0 heterocycles. The summed E-state index contributed by atoms with van der Waals surface area (Å²) in [4.78, 5) is 10.9. The molecule has 0 aliphatic rings. The van der Waals surface area contributed by atoms with Crippen LogP contribution in [0.5, 0.6) is 0 Å². The molecule has 4 heteroatoms. The Kier molecular flexibility index (Phi) is 6.49. The SMILES string of the molecule is CC(C)(CNCCCCCO)C(N)=O. The smallest absolute Gasteiger partial charge is 0.224 e. The maximum absolute atomic E-state index is 10.9. The minimum Gasteiger partial charge on any atom is -0.396 e. The quantitative estimate of drug-likeness (QED) is 0.494. The summed E-state index contributed by atoms with van der Waals surface area (Å²) in [5, 5.41) is 11.7. The predicted molar refractivity (Wildman–Crippen MR) is 56.8 cm³/mol. The largest absolute Gasteiger partial charge is 0.396 e. The van der Waals surface area contributed by atoms with E-state index in [1.807, 2.05) is 13.8 Å². The normalized spacial score (nSPS) is 11.6. The number of nitrogens with one attached hydrogen (secondary N) is 1. The van der Waals surface area contributed by atoms with Gasteiger partial charge in [0.1, 0.15) is 0 Å². The van der Waals surface area contributed by atoms with Crippen molar-refractivity contribution in [3.8, 4) is 0 Å². The molecule has 1 amide bonds. The monoisotopic (exact) mass is 202 g/mol. The zero-order valence-electron chi connectivity index (χ0n) is 9.18. The second-order valence-corrected chi connectivity index (χ2v) is 4.21. The molecule has 4 N–H and O–H groups in total. The third-order valence-electron chi connectivity index (χ3n) is 2.25. The lowest BCUT2D eigenvalue weighted by Gasteiger charge is -2.20. The molecule has 0 aliphatic heterocycles. The Hall–Kier alpha value is -0.610. The lowest BCUT2D eigenvalue weighted by atomic mass is 9.93. The second kappa shape index (κ2) is 6.79. The number of hydrogen-bond donors (Lipinski definition) is 3. The maximum Gasteiger partial charge on any atom is 0.224 e. The van der Waals surface area contributed by atoms with Crippen LogP contribution in [0.2, 0.25) is 0 Å². The second-order valence-electron chi connectivity index (χ2n) is 4.21. The highest BCUT2D eigenvalue weighted by atomic mass is 16.2. The van der Waals surface area contributed by atoms with E-state index in [1.165, 1.54) is 0 Å². The molecule has 0 bridgehead atoms. The van der Waals surface area contributed by atoms with Crippen molar-refractivity contribution in [3.63, 3.8) is 0 Å². The van der Waals surface area contributed by atoms with E-state index in [1.54, 1.807) is 0 Å². The fourth-order valence-corrected chi connectivity index (χ4v) is 1.03. The first kappa shape index (κ1) is 13.4. The Morgan fingerprint density at radius 2 is 2.00 bits per heavy atom. The van der Waals surface area contributed by atoms with Gasteiger partial charge in [-0.05, 0) is 39.7 Å². The molecule has 0 spiro atoms. The van der Waals surface area contributed by atoms with E-state index >= 15 is 0 Å². The minimum absolute atomic E-state index is 0.257. The molecule has 0 saturated carbocycles. The topological polar surface area (TPSA) is 75.3 Å². The van der Waals surface area contributed by atoms with Crippen LogP contribution in [0, 0.1) is 5.41 Å². The van der Waals surface area contributed by atoms with Gasteiger partial charge in [0.15, 0.2) is 0 Å². The van der Waals surface area contributed by atoms with Crippen molar-refractivity contribution >= 4 is 5.91 Å². The maximum atomic E-state index is 10.9. The van der Waals surface area contributed by atoms with Gasteiger partial charge in [0.25, 0.3) is 0 Å². The first-order chi connectivity index (χ1) is 6.50. The van der Waals surface area contributed by atoms with Crippen molar-refractivity contribution in [3.05, 3.63) is 0 Å². The van der Waals surface area contributed by atoms with Crippen LogP contribution in [0.1, 0.15) is 33.1 Å². The third kappa shape index (κ3) is 5.94. The number of amides is 1. The van der Waals surface area contributed by atoms with Gasteiger partial charge in [-0.1, -0.05) is 0 Å². The highest BCUT2D eigenvalue weighted by Crippen LogP contribution is 2.11. The molecule has 0 rings (SSSR count). The number of primary amides is 1. The molecule has 14 heavy (non-hydrogen) atoms. The molecule has 0 aromatic carbocycles. The molecule has 0 radical (unpaired) electrons. The van der Waals surface area contributed by atoms with Crippen molar-refractivity contribution in [2.45, 2.75) is 33.1 Å². The van der Waals surface area contributed by atoms with Gasteiger partial charge in [0.05, 0.1) is 5.41 Å². The van der Waals surface area contributed by atoms with E-state index in [2.05, 4.69) is 5.32 Å². The average molecular weight is 202 g/mol. The molecular formula is C10H22N2O2. The first-order valence-corrected chi connectivity index (χ1v) is 5.12. The van der Waals surface area contributed by atoms with Crippen LogP contribution in [-0.2, 0) is 4.79 Å². The highest BCUT2D eigenvalue weighted by molar-refractivity contribution is 5.80. The fourth-order valence-electron chi connectivity index (χ4n) is 1.03. The number of rotatable bonds is 8. The van der Waals surface area contributed by atoms with Crippen molar-refractivity contribution < 1.29 is 9.90 Å². The van der Waals surface area contributed by atoms with Gasteiger partial charge < -0.3 is 16.2 Å². The third-order valence-corrected chi connectivity index (χ3v) is 2.25. The van der Waals surface area contributed by atoms with Crippen LogP contribution in [0.25, 0.3) is 0 Å². The number of carbonyl (C=O) groups excluding carboxylic acids is 1. The van der Waals surface area contributed by atoms with Gasteiger partial charge in [-0.25, -0.2) is 0 Å². The highest BCUT2D eigenvalue weighted by Gasteiger charge is 2.23. The van der Waals surface area contributed by atoms with Gasteiger partial charge in [-0.2, -0.15) is 0 Å². The number of aliphatic hydroxyl groups excluding tert-OH is 1. The Morgan fingerprint density at radius 3 is 2.50 bits per heavy atom. The molecule has 84 valence electrons. The Balaban J connectivity index is 3.40. The van der Waals surface area contributed by atoms with Crippen LogP contribution in [-0.4, -0.2) is 30.7 Å². The number of nitrogens with two attached hydrogens (primary N) is 1. The van der Waals surface area contributed by atoms with Crippen molar-refractivity contribution in [1.82, 2.24) is 5.32 Å². The summed E-state index contributed by atoms with van der Waals surface area (Å²) in [6, 6.07) is 0. The molecule has 0 aliphatic carbocycles. The summed E-state index contributed by atoms with van der Waals surface area (Å²) in [7, 11) is 0. The molecule has 4 nitrogen and oxygen atoms in total. The van der Waals surface area contributed by atoms with Gasteiger partial charge in [-0.3, -0.25) is 4.79 Å². The summed E-state index contributed by atoms with van der Waals surface area (Å²) < 4.78 is 0. The molecule has 0 aromatic rings. The molecule has 0 aromatic heterocycles. The van der Waals surface area contributed by atoms with Crippen LogP contribution in [0.15, 0.2) is 0 Å². The standard InChI is InChI=1S/C10H22N2O2/c1-10(2,9(11)14)8-12-6-4-3-5-7-13/h12-13H,3-8H2,1-2H3,(H2,11,14). The summed E-state index contributed by atoms with van der Waals surface area (Å²) in [5.74, 6) is -0.277. The Labute approximate surface area is 85.9 Å². The Bertz CT molecular complexity index is 170. The first-order valence-electron chi connectivity index (χ1n) is 5.12. The van der Waals surface area contributed by atoms with E-state index in [0.717, 1.165) is 25.8 Å². The Morgan fingerprint density at radius 1 is 1.36 bits per heavy atom. The van der Waals surface area contributed by atoms with Crippen LogP contribution in [0.3, 0.4) is 0 Å². The fraction of sp³-hybridized carbons (Fsp3) is 0.900. The summed E-state index contributed by atoms with van der Waals surface area (Å²) in [6.45, 7) is 5.40. The number of carbonyl (C=O) groups is 1. The number of hydrogen-bond acceptors (Lipinski definition) is 3. The van der Waals surface area contributed by atoms with Crippen LogP contribution in [0.4, 0.5) is 0 Å². The average Bonchev–Trinajstić information content (AvgIpc) is 2.10. The predicted octanol–water partition coefficient (Wildman–Crippen LogP) is 0.250. The van der Waals surface area contributed by atoms with Gasteiger partial charge in [-0.15, -0.1) is 0 Å². The van der Waals surface area contributed by atoms with Crippen LogP contribution < -0.4 is 11.1 Å². The molecule has 0 fully saturated rings. The summed E-state index contributed by atoms with van der Waals surface area (Å²) in [5.41, 5.74) is 4.75. The van der Waals surface area contributed by atoms with E-state index < -0.39 is 5.41 Å². The molecule has 0 saturated heterocycles. The molecule has 0 atom stereocenters. The van der Waals surface area contributed by atoms with Gasteiger partial charge >= 0.3 is 0 Å². The lowest BCUT2D eigenvalue weighted by Crippen LogP contribution is -2.40. The van der Waals surface area contributed by atoms with Crippen molar-refractivity contribution in [2.24, 2.45) is 11.1 Å². The van der Waals surface area contributed by atoms with Crippen molar-refractivity contribution in [1.29, 1.82) is 0 Å². The summed E-state index contributed by atoms with van der Waals surface area (Å²) in [6.07, 6.45) is 2.89.